The van der Waals surface area contributed by atoms with Gasteiger partial charge in [0.05, 0.1) is 19.3 Å². The Hall–Kier alpha value is -1.26. The third-order valence-electron chi connectivity index (χ3n) is 3.89. The lowest BCUT2D eigenvalue weighted by Crippen LogP contribution is -2.49. The highest BCUT2D eigenvalue weighted by atomic mass is 16.6. The first kappa shape index (κ1) is 14.8. The molecular weight excluding hydrogens is 234 g/mol. The Morgan fingerprint density at radius 1 is 1.33 bits per heavy atom. The van der Waals surface area contributed by atoms with Crippen LogP contribution >= 0.6 is 0 Å². The fourth-order valence-electron chi connectivity index (χ4n) is 2.35. The largest absolute Gasteiger partial charge is 0.464 e. The van der Waals surface area contributed by atoms with Crippen molar-refractivity contribution in [3.8, 4) is 0 Å². The fourth-order valence-corrected chi connectivity index (χ4v) is 2.35. The Bertz CT molecular complexity index is 341. The van der Waals surface area contributed by atoms with Gasteiger partial charge in [0.2, 0.25) is 0 Å². The van der Waals surface area contributed by atoms with Crippen LogP contribution in [-0.4, -0.2) is 31.3 Å². The molecule has 0 N–H and O–H groups in total. The summed E-state index contributed by atoms with van der Waals surface area (Å²) in [5, 5.41) is 3.55. The lowest BCUT2D eigenvalue weighted by molar-refractivity contribution is -0.182. The number of azide groups is 1. The predicted molar refractivity (Wildman–Crippen MR) is 66.8 cm³/mol. The number of esters is 1. The van der Waals surface area contributed by atoms with E-state index in [4.69, 9.17) is 15.0 Å². The summed E-state index contributed by atoms with van der Waals surface area (Å²) >= 11 is 0. The number of nitrogens with zero attached hydrogens (tertiary/aromatic N) is 3. The van der Waals surface area contributed by atoms with Gasteiger partial charge in [0, 0.05) is 4.91 Å². The Morgan fingerprint density at radius 2 is 2.00 bits per heavy atom. The topological polar surface area (TPSA) is 84.3 Å². The summed E-state index contributed by atoms with van der Waals surface area (Å²) < 4.78 is 10.8. The summed E-state index contributed by atoms with van der Waals surface area (Å²) in [5.74, 6) is 0.333. The van der Waals surface area contributed by atoms with Gasteiger partial charge in [-0.25, -0.2) is 4.79 Å². The minimum absolute atomic E-state index is 0.0985. The van der Waals surface area contributed by atoms with E-state index in [1.165, 1.54) is 0 Å². The summed E-state index contributed by atoms with van der Waals surface area (Å²) in [5.41, 5.74) is 8.37. The van der Waals surface area contributed by atoms with Crippen LogP contribution in [0.25, 0.3) is 10.4 Å². The highest BCUT2D eigenvalue weighted by Gasteiger charge is 2.42. The molecule has 1 rings (SSSR count). The van der Waals surface area contributed by atoms with Gasteiger partial charge in [-0.15, -0.1) is 0 Å². The smallest absolute Gasteiger partial charge is 0.335 e. The van der Waals surface area contributed by atoms with Crippen LogP contribution in [-0.2, 0) is 14.3 Å². The third kappa shape index (κ3) is 3.15. The molecule has 102 valence electrons. The molecular formula is C12H21N3O3. The minimum Gasteiger partial charge on any atom is -0.464 e. The van der Waals surface area contributed by atoms with E-state index in [2.05, 4.69) is 23.9 Å². The molecule has 0 spiro atoms. The first-order valence-corrected chi connectivity index (χ1v) is 6.35. The molecule has 5 atom stereocenters. The van der Waals surface area contributed by atoms with Crippen molar-refractivity contribution in [3.63, 3.8) is 0 Å². The van der Waals surface area contributed by atoms with E-state index in [0.717, 1.165) is 0 Å². The molecule has 0 radical (unpaired) electrons. The number of carbonyl (C=O) groups is 1. The van der Waals surface area contributed by atoms with Crippen LogP contribution in [0.1, 0.15) is 27.7 Å². The molecule has 0 aliphatic carbocycles. The Kier molecular flexibility index (Phi) is 5.44. The molecule has 0 aromatic heterocycles. The summed E-state index contributed by atoms with van der Waals surface area (Å²) in [6.07, 6.45) is -0.781. The lowest BCUT2D eigenvalue weighted by Gasteiger charge is -2.42. The van der Waals surface area contributed by atoms with Crippen molar-refractivity contribution >= 4 is 5.97 Å². The number of hydrogen-bond acceptors (Lipinski definition) is 4. The fraction of sp³-hybridized carbons (Fsp3) is 0.917. The average Bonchev–Trinajstić information content (AvgIpc) is 2.35. The van der Waals surface area contributed by atoms with Gasteiger partial charge >= 0.3 is 5.97 Å². The molecule has 2 unspecified atom stereocenters. The van der Waals surface area contributed by atoms with E-state index in [-0.39, 0.29) is 30.5 Å². The molecule has 0 bridgehead atoms. The van der Waals surface area contributed by atoms with Crippen LogP contribution in [0, 0.1) is 17.8 Å². The quantitative estimate of drug-likeness (QED) is 0.335. The molecule has 0 aromatic carbocycles. The molecule has 1 aliphatic heterocycles. The molecule has 0 saturated carbocycles. The molecule has 0 amide bonds. The van der Waals surface area contributed by atoms with Gasteiger partial charge in [0.15, 0.2) is 6.10 Å². The second-order valence-electron chi connectivity index (χ2n) is 4.84. The van der Waals surface area contributed by atoms with Gasteiger partial charge in [0.1, 0.15) is 0 Å². The molecule has 1 fully saturated rings. The highest BCUT2D eigenvalue weighted by Crippen LogP contribution is 2.35. The Labute approximate surface area is 107 Å². The van der Waals surface area contributed by atoms with Crippen molar-refractivity contribution in [1.29, 1.82) is 0 Å². The summed E-state index contributed by atoms with van der Waals surface area (Å²) in [6.45, 7) is 8.51. The van der Waals surface area contributed by atoms with E-state index in [0.29, 0.717) is 12.5 Å². The van der Waals surface area contributed by atoms with Crippen LogP contribution in [0.5, 0.6) is 0 Å². The van der Waals surface area contributed by atoms with Crippen LogP contribution in [0.15, 0.2) is 5.11 Å². The van der Waals surface area contributed by atoms with E-state index >= 15 is 0 Å². The van der Waals surface area contributed by atoms with Crippen molar-refractivity contribution in [2.45, 2.75) is 39.9 Å². The van der Waals surface area contributed by atoms with Crippen molar-refractivity contribution in [3.05, 3.63) is 10.4 Å². The van der Waals surface area contributed by atoms with Crippen molar-refractivity contribution < 1.29 is 14.3 Å². The van der Waals surface area contributed by atoms with Gasteiger partial charge in [-0.05, 0) is 30.2 Å². The van der Waals surface area contributed by atoms with Gasteiger partial charge in [-0.3, -0.25) is 0 Å². The van der Waals surface area contributed by atoms with Gasteiger partial charge in [-0.1, -0.05) is 25.9 Å². The highest BCUT2D eigenvalue weighted by molar-refractivity contribution is 5.75. The molecule has 6 nitrogen and oxygen atoms in total. The van der Waals surface area contributed by atoms with Crippen LogP contribution in [0.4, 0.5) is 0 Å². The second-order valence-corrected chi connectivity index (χ2v) is 4.84. The van der Waals surface area contributed by atoms with E-state index < -0.39 is 6.10 Å². The van der Waals surface area contributed by atoms with E-state index in [1.807, 2.05) is 6.92 Å². The summed E-state index contributed by atoms with van der Waals surface area (Å²) in [7, 11) is 0. The Balaban J connectivity index is 2.79. The van der Waals surface area contributed by atoms with Gasteiger partial charge < -0.3 is 9.47 Å². The Morgan fingerprint density at radius 3 is 2.56 bits per heavy atom. The van der Waals surface area contributed by atoms with Crippen molar-refractivity contribution in [2.24, 2.45) is 22.9 Å². The summed E-state index contributed by atoms with van der Waals surface area (Å²) in [6, 6.07) is 0. The molecule has 18 heavy (non-hydrogen) atoms. The molecule has 1 heterocycles. The van der Waals surface area contributed by atoms with E-state index in [1.54, 1.807) is 6.92 Å². The summed E-state index contributed by atoms with van der Waals surface area (Å²) in [4.78, 5) is 14.6. The normalized spacial score (nSPS) is 35.7. The number of ether oxygens (including phenoxy) is 2. The number of hydrogen-bond donors (Lipinski definition) is 0. The van der Waals surface area contributed by atoms with Crippen molar-refractivity contribution in [1.82, 2.24) is 0 Å². The second kappa shape index (κ2) is 6.61. The van der Waals surface area contributed by atoms with Gasteiger partial charge in [-0.2, -0.15) is 0 Å². The van der Waals surface area contributed by atoms with E-state index in [9.17, 15) is 4.79 Å². The molecule has 1 saturated heterocycles. The number of carbonyl (C=O) groups excluding carboxylic acids is 1. The zero-order chi connectivity index (χ0) is 13.7. The SMILES string of the molecule is CCOC(=O)C1OC(CN=[N+]=[N-])[C@@H](C)[C@H](C)[C@H]1C. The van der Waals surface area contributed by atoms with Gasteiger partial charge in [0.25, 0.3) is 0 Å². The zero-order valence-electron chi connectivity index (χ0n) is 11.4. The molecule has 6 heteroatoms. The molecule has 1 aliphatic rings. The maximum atomic E-state index is 11.8. The van der Waals surface area contributed by atoms with Crippen LogP contribution in [0.2, 0.25) is 0 Å². The average molecular weight is 255 g/mol. The maximum absolute atomic E-state index is 11.8. The minimum atomic E-state index is -0.560. The third-order valence-corrected chi connectivity index (χ3v) is 3.89. The first-order chi connectivity index (χ1) is 8.52. The standard InChI is InChI=1S/C12H21N3O3/c1-5-17-12(16)11-9(4)7(2)8(3)10(18-11)6-14-15-13/h7-11H,5-6H2,1-4H3/t7-,8-,9+,10?,11?/m0/s1. The van der Waals surface area contributed by atoms with Crippen molar-refractivity contribution in [2.75, 3.05) is 13.2 Å². The van der Waals surface area contributed by atoms with Crippen LogP contribution < -0.4 is 0 Å². The zero-order valence-corrected chi connectivity index (χ0v) is 11.4. The van der Waals surface area contributed by atoms with Crippen LogP contribution in [0.3, 0.4) is 0 Å². The first-order valence-electron chi connectivity index (χ1n) is 6.35. The monoisotopic (exact) mass is 255 g/mol. The predicted octanol–water partition coefficient (Wildman–Crippen LogP) is 2.54. The lowest BCUT2D eigenvalue weighted by atomic mass is 9.76. The number of rotatable bonds is 4. The molecule has 0 aromatic rings. The maximum Gasteiger partial charge on any atom is 0.335 e.